The first-order valence-corrected chi connectivity index (χ1v) is 29.4. The first kappa shape index (κ1) is 67.2. The molecule has 5 atom stereocenters. The van der Waals surface area contributed by atoms with Gasteiger partial charge in [0, 0.05) is 62.0 Å². The van der Waals surface area contributed by atoms with Crippen LogP contribution in [0.5, 0.6) is 0 Å². The molecular weight excluding hydrogens is 1120 g/mol. The number of ether oxygens (including phenoxy) is 5. The van der Waals surface area contributed by atoms with Gasteiger partial charge in [0.05, 0.1) is 87.5 Å². The van der Waals surface area contributed by atoms with Gasteiger partial charge in [0.2, 0.25) is 41.0 Å². The number of fused-ring (bicyclic) bond motifs is 5. The van der Waals surface area contributed by atoms with E-state index in [4.69, 9.17) is 39.5 Å². The Bertz CT molecular complexity index is 3020. The molecule has 27 heteroatoms. The number of nitrogens with two attached hydrogens (primary N) is 1. The van der Waals surface area contributed by atoms with Crippen LogP contribution in [0.2, 0.25) is 0 Å². The van der Waals surface area contributed by atoms with Crippen molar-refractivity contribution in [3.8, 4) is 11.4 Å². The van der Waals surface area contributed by atoms with Gasteiger partial charge in [0.1, 0.15) is 24.7 Å². The number of hydrogen-bond donors (Lipinski definition) is 8. The summed E-state index contributed by atoms with van der Waals surface area (Å²) in [6, 6.07) is 4.53. The molecule has 1 fully saturated rings. The number of aromatic nitrogens is 2. The van der Waals surface area contributed by atoms with Crippen LogP contribution in [0.4, 0.5) is 0 Å². The topological polar surface area (TPSA) is 382 Å². The number of carboxylic acid groups (broad SMARTS) is 2. The monoisotopic (exact) mass is 1200 g/mol. The Morgan fingerprint density at radius 2 is 1.48 bits per heavy atom. The molecule has 3 aliphatic heterocycles. The summed E-state index contributed by atoms with van der Waals surface area (Å²) in [6.07, 6.45) is 2.08. The summed E-state index contributed by atoms with van der Waals surface area (Å²) in [6.45, 7) is 8.38. The largest absolute Gasteiger partial charge is 0.481 e. The van der Waals surface area contributed by atoms with Crippen LogP contribution in [0, 0.1) is 5.92 Å². The zero-order valence-corrected chi connectivity index (χ0v) is 49.3. The average Bonchev–Trinajstić information content (AvgIpc) is 1.45. The molecule has 6 rings (SSSR count). The van der Waals surface area contributed by atoms with E-state index in [0.29, 0.717) is 56.5 Å². The molecule has 9 N–H and O–H groups in total. The number of unbranched alkanes of at least 4 members (excludes halogenated alkanes) is 1. The van der Waals surface area contributed by atoms with Crippen molar-refractivity contribution in [2.75, 3.05) is 65.8 Å². The van der Waals surface area contributed by atoms with Crippen LogP contribution in [0.15, 0.2) is 35.1 Å². The number of carboxylic acids is 2. The number of rotatable bonds is 36. The van der Waals surface area contributed by atoms with Crippen LogP contribution in [0.3, 0.4) is 0 Å². The molecule has 3 aromatic rings. The molecule has 470 valence electrons. The van der Waals surface area contributed by atoms with Crippen molar-refractivity contribution in [2.45, 2.75) is 154 Å². The van der Waals surface area contributed by atoms with E-state index in [1.54, 1.807) is 31.4 Å². The van der Waals surface area contributed by atoms with E-state index in [1.807, 2.05) is 31.2 Å². The lowest BCUT2D eigenvalue weighted by atomic mass is 9.85. The smallest absolute Gasteiger partial charge is 0.355 e. The summed E-state index contributed by atoms with van der Waals surface area (Å²) in [5.41, 5.74) is 7.34. The maximum absolute atomic E-state index is 14.4. The molecule has 6 amide bonds. The van der Waals surface area contributed by atoms with Crippen LogP contribution >= 0.6 is 0 Å². The van der Waals surface area contributed by atoms with Crippen molar-refractivity contribution in [2.24, 2.45) is 11.7 Å². The van der Waals surface area contributed by atoms with Crippen LogP contribution in [0.1, 0.15) is 127 Å². The third-order valence-electron chi connectivity index (χ3n) is 15.2. The Kier molecular flexibility index (Phi) is 25.5. The molecule has 1 saturated heterocycles. The van der Waals surface area contributed by atoms with E-state index in [0.717, 1.165) is 22.0 Å². The number of nitrogens with one attached hydrogen (secondary N) is 5. The molecule has 27 nitrogen and oxygen atoms in total. The first-order valence-electron chi connectivity index (χ1n) is 29.4. The predicted octanol–water partition coefficient (Wildman–Crippen LogP) is 1.22. The summed E-state index contributed by atoms with van der Waals surface area (Å²) in [4.78, 5) is 149. The highest BCUT2D eigenvalue weighted by Gasteiger charge is 2.52. The van der Waals surface area contributed by atoms with E-state index < -0.39 is 95.2 Å². The molecule has 0 spiro atoms. The number of aliphatic carboxylic acids is 2. The molecular formula is C59H81N9O18. The number of pyridine rings is 2. The number of para-hydroxylation sites is 1. The van der Waals surface area contributed by atoms with E-state index in [-0.39, 0.29) is 134 Å². The molecule has 1 aromatic carbocycles. The van der Waals surface area contributed by atoms with Gasteiger partial charge in [-0.15, -0.1) is 0 Å². The second kappa shape index (κ2) is 32.6. The number of nitrogens with zero attached hydrogens (tertiary/aromatic N) is 3. The van der Waals surface area contributed by atoms with Gasteiger partial charge in [-0.1, -0.05) is 45.9 Å². The molecule has 0 saturated carbocycles. The van der Waals surface area contributed by atoms with Gasteiger partial charge >= 0.3 is 23.9 Å². The van der Waals surface area contributed by atoms with Crippen molar-refractivity contribution < 1.29 is 81.8 Å². The second-order valence-corrected chi connectivity index (χ2v) is 21.6. The second-order valence-electron chi connectivity index (χ2n) is 21.6. The summed E-state index contributed by atoms with van der Waals surface area (Å²) in [5, 5.41) is 32.5. The Morgan fingerprint density at radius 1 is 0.791 bits per heavy atom. The lowest BCUT2D eigenvalue weighted by Crippen LogP contribution is -2.57. The summed E-state index contributed by atoms with van der Waals surface area (Å²) < 4.78 is 29.8. The number of benzene rings is 1. The minimum Gasteiger partial charge on any atom is -0.481 e. The van der Waals surface area contributed by atoms with Crippen LogP contribution in [-0.2, 0) is 96.8 Å². The van der Waals surface area contributed by atoms with E-state index in [2.05, 4.69) is 26.6 Å². The minimum atomic E-state index is -2.07. The van der Waals surface area contributed by atoms with Crippen molar-refractivity contribution in [3.63, 3.8) is 0 Å². The SMILES string of the molecule is CCc1c2c(nc3ccccc13)-c1cc3c(c(=O)n1C2)COC(=O)C3(CC)OC(=O)[C@@H](NC(=O)[C@@H]1CCCN1C(=O)[C@H](CC(=O)O)NC(=O)CCOCCOCCOCCNC(=O)CCCC(=O)NCCCC[C@H](N)C(=O)NCCC(=O)O)C(C)C. The van der Waals surface area contributed by atoms with Crippen molar-refractivity contribution in [3.05, 3.63) is 62.9 Å². The molecule has 1 unspecified atom stereocenters. The highest BCUT2D eigenvalue weighted by Crippen LogP contribution is 2.42. The normalized spacial score (nSPS) is 16.9. The average molecular weight is 1200 g/mol. The summed E-state index contributed by atoms with van der Waals surface area (Å²) in [5.74, 6) is -7.99. The number of likely N-dealkylation sites (tertiary alicyclic amines) is 1. The molecule has 5 heterocycles. The number of carbonyl (C=O) groups is 10. The van der Waals surface area contributed by atoms with Crippen molar-refractivity contribution in [1.82, 2.24) is 41.0 Å². The highest BCUT2D eigenvalue weighted by molar-refractivity contribution is 5.96. The Balaban J connectivity index is 0.882. The third-order valence-corrected chi connectivity index (χ3v) is 15.2. The number of amides is 6. The van der Waals surface area contributed by atoms with Gasteiger partial charge in [-0.3, -0.25) is 43.2 Å². The first-order chi connectivity index (χ1) is 41.2. The number of aryl methyl sites for hydroxylation is 1. The number of carbonyl (C=O) groups excluding carboxylic acids is 8. The van der Waals surface area contributed by atoms with Gasteiger partial charge in [-0.05, 0) is 75.0 Å². The zero-order chi connectivity index (χ0) is 62.5. The molecule has 0 radical (unpaired) electrons. The van der Waals surface area contributed by atoms with E-state index in [9.17, 15) is 57.8 Å². The lowest BCUT2D eigenvalue weighted by molar-refractivity contribution is -0.191. The van der Waals surface area contributed by atoms with Crippen LogP contribution < -0.4 is 37.9 Å². The summed E-state index contributed by atoms with van der Waals surface area (Å²) >= 11 is 0. The fourth-order valence-electron chi connectivity index (χ4n) is 10.6. The quantitative estimate of drug-likeness (QED) is 0.0234. The fraction of sp³-hybridized carbons (Fsp3) is 0.593. The minimum absolute atomic E-state index is 0.00337. The van der Waals surface area contributed by atoms with Gasteiger partial charge in [0.25, 0.3) is 5.56 Å². The molecule has 86 heavy (non-hydrogen) atoms. The van der Waals surface area contributed by atoms with Crippen molar-refractivity contribution in [1.29, 1.82) is 0 Å². The van der Waals surface area contributed by atoms with Crippen LogP contribution in [-0.4, -0.2) is 174 Å². The highest BCUT2D eigenvalue weighted by atomic mass is 16.6. The van der Waals surface area contributed by atoms with Gasteiger partial charge in [-0.25, -0.2) is 14.6 Å². The van der Waals surface area contributed by atoms with Crippen molar-refractivity contribution >= 4 is 70.2 Å². The maximum atomic E-state index is 14.4. The Labute approximate surface area is 497 Å². The molecule has 0 bridgehead atoms. The fourth-order valence-corrected chi connectivity index (χ4v) is 10.6. The molecule has 2 aromatic heterocycles. The number of cyclic esters (lactones) is 1. The van der Waals surface area contributed by atoms with E-state index >= 15 is 0 Å². The Morgan fingerprint density at radius 3 is 2.15 bits per heavy atom. The third kappa shape index (κ3) is 17.9. The number of hydrogen-bond acceptors (Lipinski definition) is 18. The standard InChI is InChI=1S/C59H81N9O18/c1-5-36-37-13-7-8-15-42(37)65-52-38(36)33-68-45(52)31-40-39(55(68)78)34-85-58(81)59(40,6-2)86-57(80)51(35(3)4)66-54(77)44-16-12-24-67(44)56(79)43(32-50(74)75)64-48(71)20-25-82-27-29-84-30-28-83-26-23-62-47(70)18-11-17-46(69)61-21-10-9-14-41(60)53(76)63-22-19-49(72)73/h7-8,13,15,31,35,41,43-44,51H,5-6,9-12,14,16-30,32-34,60H2,1-4H3,(H,61,69)(H,62,70)(H,63,76)(H,64,71)(H,66,77)(H,72,73)(H,74,75)/t41-,43-,44-,51-,59?/m0/s1. The summed E-state index contributed by atoms with van der Waals surface area (Å²) in [7, 11) is 0. The van der Waals surface area contributed by atoms with Gasteiger partial charge in [-0.2, -0.15) is 0 Å². The lowest BCUT2D eigenvalue weighted by Gasteiger charge is -2.37. The van der Waals surface area contributed by atoms with E-state index in [1.165, 1.54) is 4.90 Å². The number of esters is 2. The maximum Gasteiger partial charge on any atom is 0.355 e. The van der Waals surface area contributed by atoms with Gasteiger partial charge < -0.3 is 75.7 Å². The molecule has 0 aliphatic carbocycles. The van der Waals surface area contributed by atoms with Crippen LogP contribution in [0.25, 0.3) is 22.3 Å². The molecule has 3 aliphatic rings. The Hall–Kier alpha value is -7.88. The van der Waals surface area contributed by atoms with Gasteiger partial charge in [0.15, 0.2) is 0 Å². The predicted molar refractivity (Wildman–Crippen MR) is 307 cm³/mol. The zero-order valence-electron chi connectivity index (χ0n) is 49.3.